The van der Waals surface area contributed by atoms with Crippen LogP contribution in [0.4, 0.5) is 5.69 Å². The standard InChI is InChI=1S/C13H15BrN2O4S/c1-8-9(16(18)19)6-15-12(11(8)14)21-7-13(3-4-13)5-10(17)20-2/h6H,3-5,7H2,1-2H3. The minimum atomic E-state index is -0.443. The maximum absolute atomic E-state index is 11.4. The second-order valence-electron chi connectivity index (χ2n) is 5.19. The number of aromatic nitrogens is 1. The molecular formula is C13H15BrN2O4S. The fraction of sp³-hybridized carbons (Fsp3) is 0.538. The normalized spacial score (nSPS) is 15.6. The summed E-state index contributed by atoms with van der Waals surface area (Å²) in [5.74, 6) is 0.560. The average Bonchev–Trinajstić information content (AvgIpc) is 3.20. The molecule has 0 atom stereocenters. The predicted molar refractivity (Wildman–Crippen MR) is 82.4 cm³/mol. The van der Waals surface area contributed by atoms with Crippen molar-refractivity contribution in [3.05, 3.63) is 26.3 Å². The second-order valence-corrected chi connectivity index (χ2v) is 6.94. The zero-order valence-electron chi connectivity index (χ0n) is 11.7. The van der Waals surface area contributed by atoms with Gasteiger partial charge in [-0.2, -0.15) is 0 Å². The number of ether oxygens (including phenoxy) is 1. The minimum Gasteiger partial charge on any atom is -0.469 e. The van der Waals surface area contributed by atoms with Gasteiger partial charge in [0.2, 0.25) is 0 Å². The van der Waals surface area contributed by atoms with Gasteiger partial charge in [-0.15, -0.1) is 11.8 Å². The van der Waals surface area contributed by atoms with Crippen molar-refractivity contribution < 1.29 is 14.5 Å². The monoisotopic (exact) mass is 374 g/mol. The molecule has 1 aliphatic carbocycles. The highest BCUT2D eigenvalue weighted by atomic mass is 79.9. The highest BCUT2D eigenvalue weighted by Gasteiger charge is 2.44. The first-order chi connectivity index (χ1) is 9.88. The fourth-order valence-corrected chi connectivity index (χ4v) is 3.87. The summed E-state index contributed by atoms with van der Waals surface area (Å²) in [5, 5.41) is 11.6. The third-order valence-corrected chi connectivity index (χ3v) is 6.19. The van der Waals surface area contributed by atoms with Crippen LogP contribution in [0, 0.1) is 22.5 Å². The number of hydrogen-bond acceptors (Lipinski definition) is 6. The molecule has 0 aromatic carbocycles. The van der Waals surface area contributed by atoms with Crippen LogP contribution in [0.3, 0.4) is 0 Å². The van der Waals surface area contributed by atoms with Gasteiger partial charge in [0.05, 0.1) is 22.9 Å². The van der Waals surface area contributed by atoms with E-state index in [1.54, 1.807) is 6.92 Å². The number of nitrogens with zero attached hydrogens (tertiary/aromatic N) is 2. The van der Waals surface area contributed by atoms with Crippen molar-refractivity contribution in [3.8, 4) is 0 Å². The van der Waals surface area contributed by atoms with Gasteiger partial charge in [0.1, 0.15) is 11.2 Å². The Morgan fingerprint density at radius 1 is 1.62 bits per heavy atom. The highest BCUT2D eigenvalue weighted by molar-refractivity contribution is 9.10. The summed E-state index contributed by atoms with van der Waals surface area (Å²) >= 11 is 4.89. The third-order valence-electron chi connectivity index (χ3n) is 3.62. The topological polar surface area (TPSA) is 82.3 Å². The average molecular weight is 375 g/mol. The summed E-state index contributed by atoms with van der Waals surface area (Å²) in [6.07, 6.45) is 3.69. The van der Waals surface area contributed by atoms with E-state index >= 15 is 0 Å². The van der Waals surface area contributed by atoms with Crippen molar-refractivity contribution in [2.45, 2.75) is 31.2 Å². The van der Waals surface area contributed by atoms with Gasteiger partial charge in [0.15, 0.2) is 0 Å². The molecule has 0 spiro atoms. The van der Waals surface area contributed by atoms with Crippen molar-refractivity contribution in [1.82, 2.24) is 4.98 Å². The first-order valence-corrected chi connectivity index (χ1v) is 8.15. The Hall–Kier alpha value is -1.15. The quantitative estimate of drug-likeness (QED) is 0.328. The number of esters is 1. The Bertz CT molecular complexity index is 590. The van der Waals surface area contributed by atoms with E-state index in [9.17, 15) is 14.9 Å². The molecule has 114 valence electrons. The number of pyridine rings is 1. The van der Waals surface area contributed by atoms with Crippen LogP contribution >= 0.6 is 27.7 Å². The number of hydrogen-bond donors (Lipinski definition) is 0. The number of carbonyl (C=O) groups is 1. The summed E-state index contributed by atoms with van der Waals surface area (Å²) in [7, 11) is 1.39. The highest BCUT2D eigenvalue weighted by Crippen LogP contribution is 2.52. The van der Waals surface area contributed by atoms with Gasteiger partial charge in [-0.25, -0.2) is 4.98 Å². The van der Waals surface area contributed by atoms with Gasteiger partial charge in [-0.3, -0.25) is 14.9 Å². The van der Waals surface area contributed by atoms with Crippen molar-refractivity contribution in [2.24, 2.45) is 5.41 Å². The summed E-state index contributed by atoms with van der Waals surface area (Å²) in [6.45, 7) is 1.69. The Kier molecular flexibility index (Phi) is 4.88. The molecule has 0 radical (unpaired) electrons. The molecule has 0 aliphatic heterocycles. The maximum atomic E-state index is 11.4. The molecular weight excluding hydrogens is 360 g/mol. The van der Waals surface area contributed by atoms with Crippen molar-refractivity contribution >= 4 is 39.3 Å². The van der Waals surface area contributed by atoms with Crippen molar-refractivity contribution in [1.29, 1.82) is 0 Å². The van der Waals surface area contributed by atoms with Crippen LogP contribution in [-0.2, 0) is 9.53 Å². The van der Waals surface area contributed by atoms with E-state index in [1.807, 2.05) is 0 Å². The predicted octanol–water partition coefficient (Wildman–Crippen LogP) is 3.50. The van der Waals surface area contributed by atoms with Gasteiger partial charge < -0.3 is 4.74 Å². The molecule has 1 saturated carbocycles. The van der Waals surface area contributed by atoms with E-state index in [2.05, 4.69) is 20.9 Å². The number of methoxy groups -OCH3 is 1. The van der Waals surface area contributed by atoms with Gasteiger partial charge in [-0.1, -0.05) is 0 Å². The Morgan fingerprint density at radius 2 is 2.29 bits per heavy atom. The van der Waals surface area contributed by atoms with Crippen molar-refractivity contribution in [3.63, 3.8) is 0 Å². The van der Waals surface area contributed by atoms with Gasteiger partial charge in [0.25, 0.3) is 5.69 Å². The van der Waals surface area contributed by atoms with Crippen LogP contribution in [0.1, 0.15) is 24.8 Å². The van der Waals surface area contributed by atoms with Gasteiger partial charge >= 0.3 is 5.97 Å². The third kappa shape index (κ3) is 3.74. The van der Waals surface area contributed by atoms with Crippen LogP contribution in [-0.4, -0.2) is 28.7 Å². The second kappa shape index (κ2) is 6.31. The molecule has 2 rings (SSSR count). The van der Waals surface area contributed by atoms with Crippen LogP contribution in [0.5, 0.6) is 0 Å². The number of rotatable bonds is 6. The lowest BCUT2D eigenvalue weighted by molar-refractivity contribution is -0.385. The summed E-state index contributed by atoms with van der Waals surface area (Å²) in [6, 6.07) is 0. The van der Waals surface area contributed by atoms with Gasteiger partial charge in [-0.05, 0) is 41.1 Å². The summed E-state index contributed by atoms with van der Waals surface area (Å²) in [5.41, 5.74) is 0.561. The molecule has 0 N–H and O–H groups in total. The molecule has 0 amide bonds. The lowest BCUT2D eigenvalue weighted by atomic mass is 10.1. The summed E-state index contributed by atoms with van der Waals surface area (Å²) in [4.78, 5) is 25.9. The molecule has 1 aliphatic rings. The van der Waals surface area contributed by atoms with Crippen LogP contribution in [0.25, 0.3) is 0 Å². The number of halogens is 1. The Morgan fingerprint density at radius 3 is 2.81 bits per heavy atom. The van der Waals surface area contributed by atoms with E-state index in [0.717, 1.165) is 18.6 Å². The molecule has 8 heteroatoms. The molecule has 1 heterocycles. The fourth-order valence-electron chi connectivity index (χ4n) is 1.98. The first-order valence-electron chi connectivity index (χ1n) is 6.38. The first kappa shape index (κ1) is 16.2. The maximum Gasteiger partial charge on any atom is 0.306 e. The molecule has 0 saturated heterocycles. The van der Waals surface area contributed by atoms with E-state index in [0.29, 0.717) is 21.5 Å². The Balaban J connectivity index is 2.06. The van der Waals surface area contributed by atoms with E-state index in [-0.39, 0.29) is 17.1 Å². The van der Waals surface area contributed by atoms with Crippen LogP contribution in [0.2, 0.25) is 0 Å². The van der Waals surface area contributed by atoms with E-state index < -0.39 is 4.92 Å². The SMILES string of the molecule is COC(=O)CC1(CSc2ncc([N+](=O)[O-])c(C)c2Br)CC1. The number of thioether (sulfide) groups is 1. The van der Waals surface area contributed by atoms with Gasteiger partial charge in [0, 0.05) is 11.3 Å². The van der Waals surface area contributed by atoms with Crippen molar-refractivity contribution in [2.75, 3.05) is 12.9 Å². The largest absolute Gasteiger partial charge is 0.469 e. The molecule has 0 unspecified atom stereocenters. The number of carbonyl (C=O) groups excluding carboxylic acids is 1. The lowest BCUT2D eigenvalue weighted by Crippen LogP contribution is -2.13. The molecule has 0 bridgehead atoms. The van der Waals surface area contributed by atoms with E-state index in [1.165, 1.54) is 25.1 Å². The molecule has 1 aromatic rings. The smallest absolute Gasteiger partial charge is 0.306 e. The zero-order chi connectivity index (χ0) is 15.6. The molecule has 21 heavy (non-hydrogen) atoms. The summed E-state index contributed by atoms with van der Waals surface area (Å²) < 4.78 is 5.36. The van der Waals surface area contributed by atoms with Crippen LogP contribution in [0.15, 0.2) is 15.7 Å². The zero-order valence-corrected chi connectivity index (χ0v) is 14.1. The Labute approximate surface area is 134 Å². The lowest BCUT2D eigenvalue weighted by Gasteiger charge is -2.13. The minimum absolute atomic E-state index is 0.00178. The molecule has 1 fully saturated rings. The van der Waals surface area contributed by atoms with Crippen LogP contribution < -0.4 is 0 Å². The number of nitro groups is 1. The molecule has 1 aromatic heterocycles. The molecule has 6 nitrogen and oxygen atoms in total. The van der Waals surface area contributed by atoms with E-state index in [4.69, 9.17) is 4.74 Å².